The third kappa shape index (κ3) is 5.73. The van der Waals surface area contributed by atoms with Crippen LogP contribution in [0.15, 0.2) is 41.6 Å². The van der Waals surface area contributed by atoms with Crippen LogP contribution in [0.1, 0.15) is 57.2 Å². The van der Waals surface area contributed by atoms with Crippen molar-refractivity contribution in [2.75, 3.05) is 6.26 Å². The molecule has 0 fully saturated rings. The van der Waals surface area contributed by atoms with E-state index in [-0.39, 0.29) is 29.3 Å². The molecule has 2 aromatic heterocycles. The monoisotopic (exact) mass is 539 g/mol. The quantitative estimate of drug-likeness (QED) is 0.484. The first kappa shape index (κ1) is 26.2. The number of sulfone groups is 1. The van der Waals surface area contributed by atoms with Crippen molar-refractivity contribution < 1.29 is 26.4 Å². The van der Waals surface area contributed by atoms with Crippen LogP contribution in [0.2, 0.25) is 0 Å². The lowest BCUT2D eigenvalue weighted by molar-refractivity contribution is -0.145. The first-order chi connectivity index (χ1) is 16.8. The molecule has 0 aliphatic carbocycles. The molecule has 8 nitrogen and oxygen atoms in total. The molecule has 0 saturated carbocycles. The van der Waals surface area contributed by atoms with Crippen molar-refractivity contribution in [3.05, 3.63) is 69.2 Å². The maximum Gasteiger partial charge on any atom is 0.451 e. The highest BCUT2D eigenvalue weighted by Crippen LogP contribution is 2.41. The maximum atomic E-state index is 12.7. The van der Waals surface area contributed by atoms with Gasteiger partial charge in [-0.05, 0) is 23.6 Å². The number of amides is 1. The van der Waals surface area contributed by atoms with E-state index in [1.54, 1.807) is 12.1 Å². The Balaban J connectivity index is 1.42. The van der Waals surface area contributed by atoms with E-state index in [9.17, 15) is 26.4 Å². The van der Waals surface area contributed by atoms with Crippen molar-refractivity contribution >= 4 is 27.1 Å². The van der Waals surface area contributed by atoms with Crippen LogP contribution in [0, 0.1) is 5.92 Å². The van der Waals surface area contributed by atoms with Crippen LogP contribution in [0.5, 0.6) is 0 Å². The Morgan fingerprint density at radius 3 is 2.36 bits per heavy atom. The lowest BCUT2D eigenvalue weighted by Crippen LogP contribution is -2.27. The van der Waals surface area contributed by atoms with Crippen molar-refractivity contribution in [1.82, 2.24) is 25.2 Å². The van der Waals surface area contributed by atoms with E-state index in [4.69, 9.17) is 0 Å². The number of aromatic nitrogens is 3. The van der Waals surface area contributed by atoms with Gasteiger partial charge in [0.05, 0.1) is 16.6 Å². The summed E-state index contributed by atoms with van der Waals surface area (Å²) in [5.74, 6) is -1.35. The predicted octanol–water partition coefficient (Wildman–Crippen LogP) is 4.00. The van der Waals surface area contributed by atoms with Crippen LogP contribution in [0.4, 0.5) is 13.2 Å². The first-order valence-electron chi connectivity index (χ1n) is 11.0. The topological polar surface area (TPSA) is 105 Å². The van der Waals surface area contributed by atoms with Crippen LogP contribution < -0.4 is 5.32 Å². The van der Waals surface area contributed by atoms with E-state index in [1.807, 2.05) is 13.8 Å². The van der Waals surface area contributed by atoms with Gasteiger partial charge < -0.3 is 5.32 Å². The van der Waals surface area contributed by atoms with Crippen LogP contribution in [-0.2, 0) is 35.6 Å². The van der Waals surface area contributed by atoms with Gasteiger partial charge in [-0.25, -0.2) is 23.4 Å². The fourth-order valence-electron chi connectivity index (χ4n) is 4.08. The zero-order valence-electron chi connectivity index (χ0n) is 19.7. The molecule has 0 saturated heterocycles. The van der Waals surface area contributed by atoms with Gasteiger partial charge >= 0.3 is 6.18 Å². The van der Waals surface area contributed by atoms with E-state index >= 15 is 0 Å². The van der Waals surface area contributed by atoms with Crippen LogP contribution in [0.25, 0.3) is 0 Å². The minimum absolute atomic E-state index is 0.108. The van der Waals surface area contributed by atoms with E-state index in [1.165, 1.54) is 35.9 Å². The second kappa shape index (κ2) is 9.87. The Labute approximate surface area is 210 Å². The number of carbonyl (C=O) groups excluding carboxylic acids is 1. The van der Waals surface area contributed by atoms with Gasteiger partial charge in [0.25, 0.3) is 5.91 Å². The predicted molar refractivity (Wildman–Crippen MR) is 127 cm³/mol. The summed E-state index contributed by atoms with van der Waals surface area (Å²) in [6.07, 6.45) is -1.08. The SMILES string of the molecule is CC(C)[C@H]1c2nc(C(=O)NCc3ccc(S(C)(=O)=O)cc3)sc2CN1Cc1cnc(C(F)(F)F)nc1. The molecule has 1 aromatic carbocycles. The summed E-state index contributed by atoms with van der Waals surface area (Å²) in [4.78, 5) is 27.4. The standard InChI is InChI=1S/C23H24F3N5O3S2/c1-13(2)19-18-17(12-31(19)11-15-9-28-22(29-10-15)23(24,25)26)35-21(30-18)20(32)27-8-14-4-6-16(7-5-14)36(3,33)34/h4-7,9-10,13,19H,8,11-12H2,1-3H3,(H,27,32)/t19-/m0/s1. The molecule has 13 heteroatoms. The second-order valence-corrected chi connectivity index (χ2v) is 12.0. The molecule has 36 heavy (non-hydrogen) atoms. The van der Waals surface area contributed by atoms with Crippen molar-refractivity contribution in [2.45, 2.75) is 50.6 Å². The minimum atomic E-state index is -4.59. The van der Waals surface area contributed by atoms with Gasteiger partial charge in [-0.3, -0.25) is 9.69 Å². The van der Waals surface area contributed by atoms with Crippen molar-refractivity contribution in [2.24, 2.45) is 5.92 Å². The molecular weight excluding hydrogens is 515 g/mol. The van der Waals surface area contributed by atoms with Gasteiger partial charge in [0.2, 0.25) is 5.82 Å². The summed E-state index contributed by atoms with van der Waals surface area (Å²) < 4.78 is 61.4. The lowest BCUT2D eigenvalue weighted by Gasteiger charge is -2.27. The summed E-state index contributed by atoms with van der Waals surface area (Å²) in [6, 6.07) is 6.19. The van der Waals surface area contributed by atoms with Gasteiger partial charge in [0.1, 0.15) is 0 Å². The van der Waals surface area contributed by atoms with Gasteiger partial charge in [-0.1, -0.05) is 26.0 Å². The Bertz CT molecular complexity index is 1360. The molecule has 3 heterocycles. The molecule has 0 bridgehead atoms. The number of carbonyl (C=O) groups is 1. The summed E-state index contributed by atoms with van der Waals surface area (Å²) >= 11 is 1.29. The largest absolute Gasteiger partial charge is 0.451 e. The third-order valence-corrected chi connectivity index (χ3v) is 7.91. The summed E-state index contributed by atoms with van der Waals surface area (Å²) in [5.41, 5.74) is 2.11. The fraction of sp³-hybridized carbons (Fsp3) is 0.391. The van der Waals surface area contributed by atoms with Crippen LogP contribution in [0.3, 0.4) is 0 Å². The highest BCUT2D eigenvalue weighted by molar-refractivity contribution is 7.90. The number of thiazole rings is 1. The first-order valence-corrected chi connectivity index (χ1v) is 13.7. The second-order valence-electron chi connectivity index (χ2n) is 8.93. The number of alkyl halides is 3. The lowest BCUT2D eigenvalue weighted by atomic mass is 10.0. The van der Waals surface area contributed by atoms with E-state index in [0.29, 0.717) is 23.7 Å². The van der Waals surface area contributed by atoms with Crippen LogP contribution >= 0.6 is 11.3 Å². The minimum Gasteiger partial charge on any atom is -0.346 e. The number of nitrogens with one attached hydrogen (secondary N) is 1. The number of hydrogen-bond donors (Lipinski definition) is 1. The van der Waals surface area contributed by atoms with E-state index in [0.717, 1.165) is 22.4 Å². The van der Waals surface area contributed by atoms with Gasteiger partial charge in [-0.15, -0.1) is 11.3 Å². The molecule has 0 radical (unpaired) electrons. The smallest absolute Gasteiger partial charge is 0.346 e. The Morgan fingerprint density at radius 1 is 1.17 bits per heavy atom. The number of halogens is 3. The van der Waals surface area contributed by atoms with Crippen molar-refractivity contribution in [1.29, 1.82) is 0 Å². The molecule has 1 atom stereocenters. The number of fused-ring (bicyclic) bond motifs is 1. The zero-order chi connectivity index (χ0) is 26.3. The number of nitrogens with zero attached hydrogens (tertiary/aromatic N) is 4. The van der Waals surface area contributed by atoms with Gasteiger partial charge in [-0.2, -0.15) is 13.2 Å². The van der Waals surface area contributed by atoms with Crippen molar-refractivity contribution in [3.8, 4) is 0 Å². The number of hydrogen-bond acceptors (Lipinski definition) is 8. The van der Waals surface area contributed by atoms with Gasteiger partial charge in [0.15, 0.2) is 14.8 Å². The molecule has 1 aliphatic rings. The summed E-state index contributed by atoms with van der Waals surface area (Å²) in [7, 11) is -3.29. The van der Waals surface area contributed by atoms with E-state index < -0.39 is 21.8 Å². The molecule has 192 valence electrons. The average Bonchev–Trinajstić information content (AvgIpc) is 3.34. The number of rotatable bonds is 7. The molecule has 0 spiro atoms. The highest BCUT2D eigenvalue weighted by Gasteiger charge is 2.37. The van der Waals surface area contributed by atoms with E-state index in [2.05, 4.69) is 25.2 Å². The number of benzene rings is 1. The zero-order valence-corrected chi connectivity index (χ0v) is 21.3. The van der Waals surface area contributed by atoms with Crippen LogP contribution in [-0.4, -0.2) is 40.4 Å². The molecule has 4 rings (SSSR count). The molecular formula is C23H24F3N5O3S2. The Hall–Kier alpha value is -2.90. The summed E-state index contributed by atoms with van der Waals surface area (Å²) in [5, 5.41) is 3.14. The Morgan fingerprint density at radius 2 is 1.81 bits per heavy atom. The summed E-state index contributed by atoms with van der Waals surface area (Å²) in [6.45, 7) is 5.14. The maximum absolute atomic E-state index is 12.7. The normalized spacial score (nSPS) is 16.4. The Kier molecular flexibility index (Phi) is 7.17. The van der Waals surface area contributed by atoms with Crippen molar-refractivity contribution in [3.63, 3.8) is 0 Å². The molecule has 0 unspecified atom stereocenters. The third-order valence-electron chi connectivity index (χ3n) is 5.72. The molecule has 3 aromatic rings. The molecule has 1 aliphatic heterocycles. The highest BCUT2D eigenvalue weighted by atomic mass is 32.2. The van der Waals surface area contributed by atoms with Gasteiger partial charge in [0, 0.05) is 48.7 Å². The molecule has 1 N–H and O–H groups in total. The average molecular weight is 540 g/mol. The fourth-order valence-corrected chi connectivity index (χ4v) is 5.76. The molecule has 1 amide bonds.